The van der Waals surface area contributed by atoms with Gasteiger partial charge in [-0.1, -0.05) is 13.3 Å². The predicted molar refractivity (Wildman–Crippen MR) is 74.3 cm³/mol. The smallest absolute Gasteiger partial charge is 0.307 e. The quantitative estimate of drug-likeness (QED) is 0.837. The minimum absolute atomic E-state index is 0.0275. The molecule has 1 aliphatic heterocycles. The molecule has 0 radical (unpaired) electrons. The fourth-order valence-corrected chi connectivity index (χ4v) is 3.34. The molecule has 1 N–H and O–H groups in total. The summed E-state index contributed by atoms with van der Waals surface area (Å²) >= 11 is 0. The summed E-state index contributed by atoms with van der Waals surface area (Å²) < 4.78 is 5.74. The van der Waals surface area contributed by atoms with E-state index in [0.717, 1.165) is 38.8 Å². The Bertz CT molecular complexity index is 358. The molecule has 1 aliphatic carbocycles. The van der Waals surface area contributed by atoms with Gasteiger partial charge in [-0.25, -0.2) is 0 Å². The van der Waals surface area contributed by atoms with E-state index in [2.05, 4.69) is 6.92 Å². The molecule has 0 aromatic heterocycles. The van der Waals surface area contributed by atoms with E-state index in [1.54, 1.807) is 0 Å². The van der Waals surface area contributed by atoms with Gasteiger partial charge < -0.3 is 14.7 Å². The fourth-order valence-electron chi connectivity index (χ4n) is 3.34. The summed E-state index contributed by atoms with van der Waals surface area (Å²) in [6.07, 6.45) is 5.24. The van der Waals surface area contributed by atoms with E-state index in [-0.39, 0.29) is 17.9 Å². The molecule has 1 amide bonds. The SMILES string of the molecule is CCCOC1CCCN(C(=O)C2CCCC2C(=O)O)C1. The van der Waals surface area contributed by atoms with Gasteiger partial charge in [0, 0.05) is 19.7 Å². The maximum atomic E-state index is 12.5. The van der Waals surface area contributed by atoms with Crippen LogP contribution in [0.15, 0.2) is 0 Å². The lowest BCUT2D eigenvalue weighted by Gasteiger charge is -2.34. The number of likely N-dealkylation sites (tertiary alicyclic amines) is 1. The van der Waals surface area contributed by atoms with Crippen LogP contribution in [0.3, 0.4) is 0 Å². The summed E-state index contributed by atoms with van der Waals surface area (Å²) in [6, 6.07) is 0. The second-order valence-corrected chi connectivity index (χ2v) is 5.90. The number of nitrogens with zero attached hydrogens (tertiary/aromatic N) is 1. The van der Waals surface area contributed by atoms with Crippen molar-refractivity contribution in [2.24, 2.45) is 11.8 Å². The van der Waals surface area contributed by atoms with Gasteiger partial charge in [0.2, 0.25) is 5.91 Å². The van der Waals surface area contributed by atoms with Crippen LogP contribution in [-0.4, -0.2) is 47.7 Å². The van der Waals surface area contributed by atoms with Crippen LogP contribution in [0.1, 0.15) is 45.4 Å². The van der Waals surface area contributed by atoms with Crippen molar-refractivity contribution in [3.8, 4) is 0 Å². The molecule has 1 heterocycles. The van der Waals surface area contributed by atoms with E-state index in [1.807, 2.05) is 4.90 Å². The second-order valence-electron chi connectivity index (χ2n) is 5.90. The highest BCUT2D eigenvalue weighted by molar-refractivity contribution is 5.85. The van der Waals surface area contributed by atoms with Gasteiger partial charge in [0.25, 0.3) is 0 Å². The summed E-state index contributed by atoms with van der Waals surface area (Å²) in [6.45, 7) is 4.17. The summed E-state index contributed by atoms with van der Waals surface area (Å²) in [4.78, 5) is 25.6. The number of piperidine rings is 1. The summed E-state index contributed by atoms with van der Waals surface area (Å²) in [7, 11) is 0. The van der Waals surface area contributed by atoms with Crippen molar-refractivity contribution in [2.45, 2.75) is 51.6 Å². The molecule has 5 nitrogen and oxygen atoms in total. The molecule has 1 saturated heterocycles. The van der Waals surface area contributed by atoms with Gasteiger partial charge in [-0.05, 0) is 32.1 Å². The number of hydrogen-bond acceptors (Lipinski definition) is 3. The Morgan fingerprint density at radius 3 is 2.65 bits per heavy atom. The summed E-state index contributed by atoms with van der Waals surface area (Å²) in [5.74, 6) is -1.60. The van der Waals surface area contributed by atoms with Crippen molar-refractivity contribution < 1.29 is 19.4 Å². The standard InChI is InChI=1S/C15H25NO4/c1-2-9-20-11-5-4-8-16(10-11)14(17)12-6-3-7-13(12)15(18)19/h11-13H,2-10H2,1H3,(H,18,19). The Kier molecular flexibility index (Phi) is 5.40. The van der Waals surface area contributed by atoms with E-state index in [9.17, 15) is 14.7 Å². The third kappa shape index (κ3) is 3.51. The van der Waals surface area contributed by atoms with Crippen molar-refractivity contribution in [2.75, 3.05) is 19.7 Å². The number of carboxylic acids is 1. The van der Waals surface area contributed by atoms with Crippen LogP contribution in [0.2, 0.25) is 0 Å². The van der Waals surface area contributed by atoms with Gasteiger partial charge in [-0.3, -0.25) is 9.59 Å². The predicted octanol–water partition coefficient (Wildman–Crippen LogP) is 1.90. The average Bonchev–Trinajstić information content (AvgIpc) is 2.94. The van der Waals surface area contributed by atoms with E-state index >= 15 is 0 Å². The molecule has 0 spiro atoms. The molecule has 2 aliphatic rings. The molecule has 0 aromatic carbocycles. The third-order valence-corrected chi connectivity index (χ3v) is 4.40. The monoisotopic (exact) mass is 283 g/mol. The first-order valence-corrected chi connectivity index (χ1v) is 7.76. The highest BCUT2D eigenvalue weighted by atomic mass is 16.5. The molecule has 0 bridgehead atoms. The number of carbonyl (C=O) groups excluding carboxylic acids is 1. The van der Waals surface area contributed by atoms with Crippen molar-refractivity contribution in [3.63, 3.8) is 0 Å². The van der Waals surface area contributed by atoms with Crippen LogP contribution < -0.4 is 0 Å². The van der Waals surface area contributed by atoms with Crippen LogP contribution in [0.25, 0.3) is 0 Å². The Labute approximate surface area is 120 Å². The van der Waals surface area contributed by atoms with Crippen LogP contribution in [0, 0.1) is 11.8 Å². The molecular weight excluding hydrogens is 258 g/mol. The maximum Gasteiger partial charge on any atom is 0.307 e. The molecule has 2 fully saturated rings. The van der Waals surface area contributed by atoms with Crippen LogP contribution in [-0.2, 0) is 14.3 Å². The van der Waals surface area contributed by atoms with Crippen LogP contribution in [0.4, 0.5) is 0 Å². The van der Waals surface area contributed by atoms with Gasteiger partial charge in [-0.2, -0.15) is 0 Å². The Hall–Kier alpha value is -1.10. The first kappa shape index (κ1) is 15.3. The Morgan fingerprint density at radius 1 is 1.20 bits per heavy atom. The summed E-state index contributed by atoms with van der Waals surface area (Å²) in [5, 5.41) is 9.20. The van der Waals surface area contributed by atoms with E-state index in [1.165, 1.54) is 0 Å². The number of ether oxygens (including phenoxy) is 1. The molecular formula is C15H25NO4. The number of hydrogen-bond donors (Lipinski definition) is 1. The molecule has 114 valence electrons. The normalized spacial score (nSPS) is 30.4. The molecule has 3 unspecified atom stereocenters. The number of aliphatic carboxylic acids is 1. The van der Waals surface area contributed by atoms with E-state index in [4.69, 9.17) is 4.74 Å². The number of rotatable bonds is 5. The molecule has 2 rings (SSSR count). The minimum Gasteiger partial charge on any atom is -0.481 e. The second kappa shape index (κ2) is 7.07. The largest absolute Gasteiger partial charge is 0.481 e. The fraction of sp³-hybridized carbons (Fsp3) is 0.867. The molecule has 5 heteroatoms. The van der Waals surface area contributed by atoms with Gasteiger partial charge in [-0.15, -0.1) is 0 Å². The molecule has 3 atom stereocenters. The lowest BCUT2D eigenvalue weighted by Crippen LogP contribution is -2.47. The Balaban J connectivity index is 1.92. The van der Waals surface area contributed by atoms with E-state index in [0.29, 0.717) is 19.4 Å². The van der Waals surface area contributed by atoms with Crippen molar-refractivity contribution in [1.82, 2.24) is 4.90 Å². The van der Waals surface area contributed by atoms with Gasteiger partial charge >= 0.3 is 5.97 Å². The topological polar surface area (TPSA) is 66.8 Å². The lowest BCUT2D eigenvalue weighted by atomic mass is 9.93. The zero-order valence-electron chi connectivity index (χ0n) is 12.2. The van der Waals surface area contributed by atoms with Gasteiger partial charge in [0.15, 0.2) is 0 Å². The minimum atomic E-state index is -0.823. The van der Waals surface area contributed by atoms with Gasteiger partial charge in [0.1, 0.15) is 0 Å². The first-order valence-electron chi connectivity index (χ1n) is 7.76. The van der Waals surface area contributed by atoms with Crippen LogP contribution in [0.5, 0.6) is 0 Å². The zero-order valence-corrected chi connectivity index (χ0v) is 12.2. The van der Waals surface area contributed by atoms with Crippen molar-refractivity contribution >= 4 is 11.9 Å². The highest BCUT2D eigenvalue weighted by Crippen LogP contribution is 2.34. The number of amides is 1. The number of carbonyl (C=O) groups is 2. The zero-order chi connectivity index (χ0) is 14.5. The summed E-state index contributed by atoms with van der Waals surface area (Å²) in [5.41, 5.74) is 0. The van der Waals surface area contributed by atoms with Crippen LogP contribution >= 0.6 is 0 Å². The van der Waals surface area contributed by atoms with Gasteiger partial charge in [0.05, 0.1) is 17.9 Å². The molecule has 1 saturated carbocycles. The van der Waals surface area contributed by atoms with Crippen molar-refractivity contribution in [1.29, 1.82) is 0 Å². The highest BCUT2D eigenvalue weighted by Gasteiger charge is 2.40. The third-order valence-electron chi connectivity index (χ3n) is 4.40. The molecule has 0 aromatic rings. The first-order chi connectivity index (χ1) is 9.63. The average molecular weight is 283 g/mol. The number of carboxylic acid groups (broad SMARTS) is 1. The molecule has 20 heavy (non-hydrogen) atoms. The Morgan fingerprint density at radius 2 is 1.95 bits per heavy atom. The maximum absolute atomic E-state index is 12.5. The van der Waals surface area contributed by atoms with E-state index < -0.39 is 11.9 Å². The van der Waals surface area contributed by atoms with Crippen molar-refractivity contribution in [3.05, 3.63) is 0 Å². The lowest BCUT2D eigenvalue weighted by molar-refractivity contribution is -0.150.